The lowest BCUT2D eigenvalue weighted by Crippen LogP contribution is -2.23. The molecule has 106 valence electrons. The van der Waals surface area contributed by atoms with E-state index in [0.717, 1.165) is 6.33 Å². The van der Waals surface area contributed by atoms with Gasteiger partial charge in [-0.15, -0.1) is 0 Å². The van der Waals surface area contributed by atoms with Crippen LogP contribution >= 0.6 is 0 Å². The minimum atomic E-state index is -2.63. The number of aromatic nitrogens is 4. The first-order valence-corrected chi connectivity index (χ1v) is 5.91. The van der Waals surface area contributed by atoms with Crippen LogP contribution in [0.1, 0.15) is 17.9 Å². The van der Waals surface area contributed by atoms with Crippen molar-refractivity contribution in [2.24, 2.45) is 0 Å². The largest absolute Gasteiger partial charge is 0.359 e. The maximum atomic E-state index is 12.5. The number of nitrogens with one attached hydrogen (secondary N) is 1. The molecular weight excluding hydrogens is 268 g/mol. The second kappa shape index (κ2) is 6.18. The number of H-pyrrole nitrogens is 1. The third kappa shape index (κ3) is 3.56. The highest BCUT2D eigenvalue weighted by Gasteiger charge is 2.12. The maximum Gasteiger partial charge on any atom is 0.280 e. The molecule has 0 unspecified atom stereocenters. The summed E-state index contributed by atoms with van der Waals surface area (Å²) in [6.45, 7) is 0.479. The molecule has 2 aromatic heterocycles. The third-order valence-corrected chi connectivity index (χ3v) is 2.70. The van der Waals surface area contributed by atoms with Gasteiger partial charge in [-0.05, 0) is 0 Å². The Hall–Kier alpha value is -2.38. The number of hydrogen-bond acceptors (Lipinski definition) is 5. The zero-order valence-electron chi connectivity index (χ0n) is 10.8. The molecule has 0 atom stereocenters. The molecule has 2 rings (SSSR count). The van der Waals surface area contributed by atoms with E-state index in [-0.39, 0.29) is 11.3 Å². The molecule has 0 saturated heterocycles. The fraction of sp³-hybridized carbons (Fsp3) is 0.333. The van der Waals surface area contributed by atoms with Gasteiger partial charge in [0.2, 0.25) is 0 Å². The molecule has 0 saturated carbocycles. The molecule has 2 heterocycles. The molecule has 0 fully saturated rings. The quantitative estimate of drug-likeness (QED) is 0.890. The summed E-state index contributed by atoms with van der Waals surface area (Å²) >= 11 is 0. The Balaban J connectivity index is 2.03. The second-order valence-electron chi connectivity index (χ2n) is 4.15. The van der Waals surface area contributed by atoms with Gasteiger partial charge in [0.05, 0.1) is 0 Å². The Kier molecular flexibility index (Phi) is 4.34. The van der Waals surface area contributed by atoms with E-state index in [1.165, 1.54) is 18.3 Å². The maximum absolute atomic E-state index is 12.5. The summed E-state index contributed by atoms with van der Waals surface area (Å²) in [5.74, 6) is 0.932. The minimum absolute atomic E-state index is 0.223. The smallest absolute Gasteiger partial charge is 0.280 e. The van der Waals surface area contributed by atoms with E-state index < -0.39 is 6.43 Å². The summed E-state index contributed by atoms with van der Waals surface area (Å²) in [6, 6.07) is 2.57. The number of aromatic amines is 1. The highest BCUT2D eigenvalue weighted by atomic mass is 19.3. The molecular formula is C12H13F2N5O. The van der Waals surface area contributed by atoms with Gasteiger partial charge in [-0.1, -0.05) is 0 Å². The molecule has 0 aliphatic heterocycles. The lowest BCUT2D eigenvalue weighted by atomic mass is 10.3. The van der Waals surface area contributed by atoms with Crippen molar-refractivity contribution in [1.29, 1.82) is 0 Å². The van der Waals surface area contributed by atoms with Crippen molar-refractivity contribution >= 4 is 5.82 Å². The monoisotopic (exact) mass is 281 g/mol. The second-order valence-corrected chi connectivity index (χ2v) is 4.15. The van der Waals surface area contributed by atoms with Crippen molar-refractivity contribution in [3.05, 3.63) is 46.5 Å². The standard InChI is InChI=1S/C12H13F2N5O/c1-19(5-3-9-15-4-2-11(20)18-9)10-6-8(12(13)14)16-7-17-10/h2,4,6-7,12H,3,5H2,1H3,(H,15,18,20). The highest BCUT2D eigenvalue weighted by Crippen LogP contribution is 2.19. The van der Waals surface area contributed by atoms with Crippen molar-refractivity contribution in [2.45, 2.75) is 12.8 Å². The molecule has 20 heavy (non-hydrogen) atoms. The Labute approximate surface area is 113 Å². The molecule has 0 radical (unpaired) electrons. The first-order chi connectivity index (χ1) is 9.56. The third-order valence-electron chi connectivity index (χ3n) is 2.70. The molecule has 2 aromatic rings. The Bertz CT molecular complexity index is 631. The molecule has 0 bridgehead atoms. The van der Waals surface area contributed by atoms with E-state index in [2.05, 4.69) is 19.9 Å². The summed E-state index contributed by atoms with van der Waals surface area (Å²) < 4.78 is 25.1. The van der Waals surface area contributed by atoms with Crippen molar-refractivity contribution in [2.75, 3.05) is 18.5 Å². The van der Waals surface area contributed by atoms with Gasteiger partial charge in [-0.3, -0.25) is 4.79 Å². The SMILES string of the molecule is CN(CCc1nccc(=O)[nH]1)c1cc(C(F)F)ncn1. The molecule has 0 spiro atoms. The molecule has 8 heteroatoms. The van der Waals surface area contributed by atoms with Crippen LogP contribution in [0.4, 0.5) is 14.6 Å². The van der Waals surface area contributed by atoms with Crippen LogP contribution in [-0.2, 0) is 6.42 Å². The number of likely N-dealkylation sites (N-methyl/N-ethyl adjacent to an activating group) is 1. The van der Waals surface area contributed by atoms with Crippen molar-refractivity contribution < 1.29 is 8.78 Å². The first kappa shape index (κ1) is 14.0. The average Bonchev–Trinajstić information content (AvgIpc) is 2.45. The van der Waals surface area contributed by atoms with E-state index in [1.807, 2.05) is 0 Å². The van der Waals surface area contributed by atoms with Crippen LogP contribution in [0.25, 0.3) is 0 Å². The molecule has 0 aromatic carbocycles. The first-order valence-electron chi connectivity index (χ1n) is 5.91. The predicted molar refractivity (Wildman–Crippen MR) is 68.8 cm³/mol. The van der Waals surface area contributed by atoms with Gasteiger partial charge < -0.3 is 9.88 Å². The molecule has 6 nitrogen and oxygen atoms in total. The fourth-order valence-electron chi connectivity index (χ4n) is 1.62. The zero-order valence-corrected chi connectivity index (χ0v) is 10.8. The lowest BCUT2D eigenvalue weighted by molar-refractivity contribution is 0.146. The van der Waals surface area contributed by atoms with Gasteiger partial charge in [0.15, 0.2) is 0 Å². The number of halogens is 2. The Morgan fingerprint density at radius 1 is 1.35 bits per heavy atom. The summed E-state index contributed by atoms with van der Waals surface area (Å²) in [6.07, 6.45) is 0.377. The summed E-state index contributed by atoms with van der Waals surface area (Å²) in [5.41, 5.74) is -0.534. The number of hydrogen-bond donors (Lipinski definition) is 1. The van der Waals surface area contributed by atoms with Gasteiger partial charge in [-0.2, -0.15) is 0 Å². The minimum Gasteiger partial charge on any atom is -0.359 e. The number of rotatable bonds is 5. The summed E-state index contributed by atoms with van der Waals surface area (Å²) in [4.78, 5) is 26.9. The Morgan fingerprint density at radius 2 is 2.15 bits per heavy atom. The topological polar surface area (TPSA) is 74.8 Å². The van der Waals surface area contributed by atoms with Crippen molar-refractivity contribution in [3.63, 3.8) is 0 Å². The average molecular weight is 281 g/mol. The van der Waals surface area contributed by atoms with Crippen LogP contribution in [0.2, 0.25) is 0 Å². The zero-order chi connectivity index (χ0) is 14.5. The van der Waals surface area contributed by atoms with Crippen LogP contribution in [0.3, 0.4) is 0 Å². The van der Waals surface area contributed by atoms with Gasteiger partial charge in [0.1, 0.15) is 23.7 Å². The normalized spacial score (nSPS) is 10.8. The van der Waals surface area contributed by atoms with Crippen LogP contribution in [-0.4, -0.2) is 33.5 Å². The van der Waals surface area contributed by atoms with Gasteiger partial charge in [-0.25, -0.2) is 23.7 Å². The van der Waals surface area contributed by atoms with Crippen LogP contribution in [0.15, 0.2) is 29.5 Å². The molecule has 0 aliphatic rings. The van der Waals surface area contributed by atoms with E-state index in [4.69, 9.17) is 0 Å². The lowest BCUT2D eigenvalue weighted by Gasteiger charge is -2.17. The molecule has 0 amide bonds. The van der Waals surface area contributed by atoms with E-state index in [9.17, 15) is 13.6 Å². The number of nitrogens with zero attached hydrogens (tertiary/aromatic N) is 4. The van der Waals surface area contributed by atoms with Crippen LogP contribution < -0.4 is 10.5 Å². The van der Waals surface area contributed by atoms with Crippen molar-refractivity contribution in [1.82, 2.24) is 19.9 Å². The van der Waals surface area contributed by atoms with E-state index in [1.54, 1.807) is 11.9 Å². The van der Waals surface area contributed by atoms with Crippen molar-refractivity contribution in [3.8, 4) is 0 Å². The van der Waals surface area contributed by atoms with Gasteiger partial charge >= 0.3 is 0 Å². The molecule has 0 aliphatic carbocycles. The van der Waals surface area contributed by atoms with Crippen LogP contribution in [0, 0.1) is 0 Å². The predicted octanol–water partition coefficient (Wildman–Crippen LogP) is 1.18. The number of anilines is 1. The summed E-state index contributed by atoms with van der Waals surface area (Å²) in [5, 5.41) is 0. The fourth-order valence-corrected chi connectivity index (χ4v) is 1.62. The van der Waals surface area contributed by atoms with E-state index in [0.29, 0.717) is 24.6 Å². The highest BCUT2D eigenvalue weighted by molar-refractivity contribution is 5.38. The van der Waals surface area contributed by atoms with Gasteiger partial charge in [0, 0.05) is 38.3 Å². The van der Waals surface area contributed by atoms with Crippen LogP contribution in [0.5, 0.6) is 0 Å². The Morgan fingerprint density at radius 3 is 2.85 bits per heavy atom. The molecule has 1 N–H and O–H groups in total. The number of alkyl halides is 2. The van der Waals surface area contributed by atoms with E-state index >= 15 is 0 Å². The summed E-state index contributed by atoms with van der Waals surface area (Å²) in [7, 11) is 1.72. The van der Waals surface area contributed by atoms with Gasteiger partial charge in [0.25, 0.3) is 12.0 Å².